The van der Waals surface area contributed by atoms with Gasteiger partial charge in [-0.1, -0.05) is 6.92 Å². The summed E-state index contributed by atoms with van der Waals surface area (Å²) in [5.41, 5.74) is 0. The van der Waals surface area contributed by atoms with E-state index in [4.69, 9.17) is 0 Å². The Morgan fingerprint density at radius 3 is 2.65 bits per heavy atom. The Labute approximate surface area is 106 Å². The average molecular weight is 237 g/mol. The molecule has 1 N–H and O–H groups in total. The molecule has 3 rings (SSSR count). The molecule has 2 heterocycles. The fourth-order valence-electron chi connectivity index (χ4n) is 3.45. The van der Waals surface area contributed by atoms with Gasteiger partial charge in [-0.05, 0) is 45.2 Å². The van der Waals surface area contributed by atoms with Crippen LogP contribution in [0.3, 0.4) is 0 Å². The van der Waals surface area contributed by atoms with Crippen molar-refractivity contribution in [1.29, 1.82) is 0 Å². The van der Waals surface area contributed by atoms with E-state index in [1.165, 1.54) is 64.8 Å². The number of hydrogen-bond acceptors (Lipinski definition) is 3. The summed E-state index contributed by atoms with van der Waals surface area (Å²) < 4.78 is 0. The molecular weight excluding hydrogens is 210 g/mol. The van der Waals surface area contributed by atoms with E-state index in [2.05, 4.69) is 22.0 Å². The Hall–Kier alpha value is -0.120. The molecule has 3 fully saturated rings. The van der Waals surface area contributed by atoms with Crippen LogP contribution in [-0.2, 0) is 0 Å². The van der Waals surface area contributed by atoms with Crippen molar-refractivity contribution < 1.29 is 0 Å². The fourth-order valence-corrected chi connectivity index (χ4v) is 3.45. The van der Waals surface area contributed by atoms with Crippen LogP contribution < -0.4 is 5.32 Å². The number of nitrogens with one attached hydrogen (secondary N) is 1. The number of nitrogens with zero attached hydrogens (tertiary/aromatic N) is 2. The molecule has 0 spiro atoms. The standard InChI is InChI=1S/C14H27N3/c1-2-16-8-3-4-14(11-16)17-9-7-13(10-17)15-12-5-6-12/h12-15H,2-11H2,1H3. The summed E-state index contributed by atoms with van der Waals surface area (Å²) in [6.07, 6.45) is 7.04. The molecule has 2 aliphatic heterocycles. The first-order valence-corrected chi connectivity index (χ1v) is 7.57. The molecule has 0 radical (unpaired) electrons. The smallest absolute Gasteiger partial charge is 0.0224 e. The third-order valence-electron chi connectivity index (χ3n) is 4.71. The van der Waals surface area contributed by atoms with E-state index in [-0.39, 0.29) is 0 Å². The molecule has 1 saturated carbocycles. The third kappa shape index (κ3) is 3.01. The summed E-state index contributed by atoms with van der Waals surface area (Å²) in [6.45, 7) is 8.79. The van der Waals surface area contributed by atoms with Crippen LogP contribution in [0.15, 0.2) is 0 Å². The van der Waals surface area contributed by atoms with E-state index in [0.29, 0.717) is 0 Å². The van der Waals surface area contributed by atoms with Gasteiger partial charge in [-0.3, -0.25) is 4.90 Å². The van der Waals surface area contributed by atoms with Gasteiger partial charge in [0.1, 0.15) is 0 Å². The first-order valence-electron chi connectivity index (χ1n) is 7.57. The zero-order chi connectivity index (χ0) is 11.7. The molecule has 0 aromatic rings. The van der Waals surface area contributed by atoms with E-state index >= 15 is 0 Å². The van der Waals surface area contributed by atoms with Gasteiger partial charge in [0.2, 0.25) is 0 Å². The maximum absolute atomic E-state index is 3.79. The lowest BCUT2D eigenvalue weighted by molar-refractivity contribution is 0.117. The Bertz CT molecular complexity index is 252. The number of rotatable bonds is 4. The lowest BCUT2D eigenvalue weighted by Gasteiger charge is -2.37. The van der Waals surface area contributed by atoms with Crippen LogP contribution >= 0.6 is 0 Å². The summed E-state index contributed by atoms with van der Waals surface area (Å²) in [4.78, 5) is 5.37. The summed E-state index contributed by atoms with van der Waals surface area (Å²) in [7, 11) is 0. The number of likely N-dealkylation sites (N-methyl/N-ethyl adjacent to an activating group) is 1. The molecule has 0 aromatic carbocycles. The molecule has 2 saturated heterocycles. The van der Waals surface area contributed by atoms with Gasteiger partial charge in [-0.15, -0.1) is 0 Å². The van der Waals surface area contributed by atoms with Crippen LogP contribution in [0.5, 0.6) is 0 Å². The summed E-state index contributed by atoms with van der Waals surface area (Å²) in [5, 5.41) is 3.79. The first kappa shape index (κ1) is 11.9. The monoisotopic (exact) mass is 237 g/mol. The van der Waals surface area contributed by atoms with Gasteiger partial charge in [0.15, 0.2) is 0 Å². The van der Waals surface area contributed by atoms with Crippen LogP contribution in [0, 0.1) is 0 Å². The normalized spacial score (nSPS) is 36.5. The highest BCUT2D eigenvalue weighted by atomic mass is 15.3. The van der Waals surface area contributed by atoms with Gasteiger partial charge in [-0.25, -0.2) is 0 Å². The van der Waals surface area contributed by atoms with Gasteiger partial charge in [0.05, 0.1) is 0 Å². The van der Waals surface area contributed by atoms with Gasteiger partial charge in [0, 0.05) is 37.8 Å². The van der Waals surface area contributed by atoms with Crippen molar-refractivity contribution in [3.8, 4) is 0 Å². The summed E-state index contributed by atoms with van der Waals surface area (Å²) in [5.74, 6) is 0. The predicted molar refractivity (Wildman–Crippen MR) is 71.3 cm³/mol. The Kier molecular flexibility index (Phi) is 3.69. The van der Waals surface area contributed by atoms with Crippen LogP contribution in [0.2, 0.25) is 0 Å². The highest BCUT2D eigenvalue weighted by molar-refractivity contribution is 4.92. The molecule has 0 amide bonds. The molecule has 0 bridgehead atoms. The van der Waals surface area contributed by atoms with E-state index < -0.39 is 0 Å². The zero-order valence-electron chi connectivity index (χ0n) is 11.2. The van der Waals surface area contributed by atoms with Crippen molar-refractivity contribution in [3.63, 3.8) is 0 Å². The van der Waals surface area contributed by atoms with Gasteiger partial charge in [0.25, 0.3) is 0 Å². The maximum Gasteiger partial charge on any atom is 0.0224 e. The Morgan fingerprint density at radius 2 is 1.88 bits per heavy atom. The van der Waals surface area contributed by atoms with Crippen LogP contribution in [0.25, 0.3) is 0 Å². The topological polar surface area (TPSA) is 18.5 Å². The predicted octanol–water partition coefficient (Wildman–Crippen LogP) is 1.30. The van der Waals surface area contributed by atoms with E-state index in [0.717, 1.165) is 18.1 Å². The SMILES string of the molecule is CCN1CCCC(N2CCC(NC3CC3)C2)C1. The Balaban J connectivity index is 1.47. The second kappa shape index (κ2) is 5.25. The molecule has 17 heavy (non-hydrogen) atoms. The highest BCUT2D eigenvalue weighted by Gasteiger charge is 2.33. The van der Waals surface area contributed by atoms with Crippen LogP contribution in [0.1, 0.15) is 39.0 Å². The first-order chi connectivity index (χ1) is 8.35. The molecule has 0 aromatic heterocycles. The lowest BCUT2D eigenvalue weighted by Crippen LogP contribution is -2.47. The van der Waals surface area contributed by atoms with E-state index in [1.807, 2.05) is 0 Å². The summed E-state index contributed by atoms with van der Waals surface area (Å²) in [6, 6.07) is 2.51. The minimum Gasteiger partial charge on any atom is -0.310 e. The number of piperidine rings is 1. The molecule has 2 unspecified atom stereocenters. The van der Waals surface area contributed by atoms with Crippen molar-refractivity contribution in [1.82, 2.24) is 15.1 Å². The second-order valence-corrected chi connectivity index (χ2v) is 6.11. The molecule has 2 atom stereocenters. The van der Waals surface area contributed by atoms with Crippen molar-refractivity contribution in [3.05, 3.63) is 0 Å². The van der Waals surface area contributed by atoms with E-state index in [9.17, 15) is 0 Å². The van der Waals surface area contributed by atoms with E-state index in [1.54, 1.807) is 0 Å². The zero-order valence-corrected chi connectivity index (χ0v) is 11.2. The molecular formula is C14H27N3. The minimum absolute atomic E-state index is 0.791. The van der Waals surface area contributed by atoms with Crippen LogP contribution in [0.4, 0.5) is 0 Å². The van der Waals surface area contributed by atoms with Crippen molar-refractivity contribution in [2.24, 2.45) is 0 Å². The Morgan fingerprint density at radius 1 is 1.00 bits per heavy atom. The number of likely N-dealkylation sites (tertiary alicyclic amines) is 2. The largest absolute Gasteiger partial charge is 0.310 e. The average Bonchev–Trinajstić information content (AvgIpc) is 3.05. The molecule has 3 nitrogen and oxygen atoms in total. The molecule has 3 heteroatoms. The summed E-state index contributed by atoms with van der Waals surface area (Å²) >= 11 is 0. The van der Waals surface area contributed by atoms with Crippen molar-refractivity contribution in [2.45, 2.75) is 57.2 Å². The highest BCUT2D eigenvalue weighted by Crippen LogP contribution is 2.24. The quantitative estimate of drug-likeness (QED) is 0.795. The van der Waals surface area contributed by atoms with Gasteiger partial charge < -0.3 is 10.2 Å². The maximum atomic E-state index is 3.79. The van der Waals surface area contributed by atoms with Gasteiger partial charge >= 0.3 is 0 Å². The minimum atomic E-state index is 0.791. The van der Waals surface area contributed by atoms with Crippen molar-refractivity contribution >= 4 is 0 Å². The number of hydrogen-bond donors (Lipinski definition) is 1. The molecule has 1 aliphatic carbocycles. The van der Waals surface area contributed by atoms with Crippen molar-refractivity contribution in [2.75, 3.05) is 32.7 Å². The lowest BCUT2D eigenvalue weighted by atomic mass is 10.0. The van der Waals surface area contributed by atoms with Gasteiger partial charge in [-0.2, -0.15) is 0 Å². The second-order valence-electron chi connectivity index (χ2n) is 6.11. The fraction of sp³-hybridized carbons (Fsp3) is 1.00. The molecule has 98 valence electrons. The van der Waals surface area contributed by atoms with Crippen LogP contribution in [-0.4, -0.2) is 60.6 Å². The third-order valence-corrected chi connectivity index (χ3v) is 4.71. The molecule has 3 aliphatic rings.